The van der Waals surface area contributed by atoms with Crippen molar-refractivity contribution in [3.8, 4) is 6.07 Å². The standard InChI is InChI=1S/C13H13N5OS/c1-18(11-4-2-9(6-14)3-5-11)7-10-8-20-13(16-10)12(19)17-15/h2-5,8H,7,15H2,1H3,(H,17,19). The predicted molar refractivity (Wildman–Crippen MR) is 77.0 cm³/mol. The molecule has 0 aliphatic heterocycles. The van der Waals surface area contributed by atoms with Gasteiger partial charge in [-0.05, 0) is 24.3 Å². The van der Waals surface area contributed by atoms with Crippen LogP contribution in [0, 0.1) is 11.3 Å². The Kier molecular flexibility index (Phi) is 4.30. The van der Waals surface area contributed by atoms with Gasteiger partial charge in [-0.2, -0.15) is 5.26 Å². The van der Waals surface area contributed by atoms with Gasteiger partial charge in [-0.3, -0.25) is 10.2 Å². The van der Waals surface area contributed by atoms with Crippen LogP contribution in [0.4, 0.5) is 5.69 Å². The fourth-order valence-electron chi connectivity index (χ4n) is 1.67. The number of hydrazine groups is 1. The van der Waals surface area contributed by atoms with Crippen molar-refractivity contribution in [3.63, 3.8) is 0 Å². The molecular weight excluding hydrogens is 274 g/mol. The molecule has 7 heteroatoms. The van der Waals surface area contributed by atoms with Gasteiger partial charge in [0.15, 0.2) is 5.01 Å². The first-order valence-electron chi connectivity index (χ1n) is 5.80. The summed E-state index contributed by atoms with van der Waals surface area (Å²) in [6, 6.07) is 9.35. The number of aromatic nitrogens is 1. The molecule has 0 aliphatic rings. The second-order valence-electron chi connectivity index (χ2n) is 4.13. The Morgan fingerprint density at radius 3 is 2.80 bits per heavy atom. The molecule has 20 heavy (non-hydrogen) atoms. The van der Waals surface area contributed by atoms with Gasteiger partial charge in [-0.15, -0.1) is 11.3 Å². The Hall–Kier alpha value is -2.43. The zero-order valence-electron chi connectivity index (χ0n) is 10.8. The van der Waals surface area contributed by atoms with E-state index in [0.29, 0.717) is 17.1 Å². The van der Waals surface area contributed by atoms with E-state index in [-0.39, 0.29) is 5.91 Å². The summed E-state index contributed by atoms with van der Waals surface area (Å²) < 4.78 is 0. The minimum atomic E-state index is -0.387. The molecule has 3 N–H and O–H groups in total. The van der Waals surface area contributed by atoms with Crippen molar-refractivity contribution in [3.05, 3.63) is 45.9 Å². The van der Waals surface area contributed by atoms with Gasteiger partial charge >= 0.3 is 0 Å². The topological polar surface area (TPSA) is 95.0 Å². The van der Waals surface area contributed by atoms with Crippen molar-refractivity contribution in [1.29, 1.82) is 5.26 Å². The summed E-state index contributed by atoms with van der Waals surface area (Å²) in [6.45, 7) is 0.570. The number of nitrogens with one attached hydrogen (secondary N) is 1. The Balaban J connectivity index is 2.07. The van der Waals surface area contributed by atoms with E-state index in [1.54, 1.807) is 12.1 Å². The molecule has 1 amide bonds. The van der Waals surface area contributed by atoms with Crippen LogP contribution in [-0.4, -0.2) is 17.9 Å². The number of benzene rings is 1. The van der Waals surface area contributed by atoms with Crippen molar-refractivity contribution in [2.24, 2.45) is 5.84 Å². The third-order valence-corrected chi connectivity index (χ3v) is 3.60. The van der Waals surface area contributed by atoms with Crippen molar-refractivity contribution in [1.82, 2.24) is 10.4 Å². The lowest BCUT2D eigenvalue weighted by molar-refractivity contribution is 0.0953. The second kappa shape index (κ2) is 6.14. The first kappa shape index (κ1) is 14.0. The molecule has 2 rings (SSSR count). The van der Waals surface area contributed by atoms with E-state index in [0.717, 1.165) is 11.4 Å². The maximum absolute atomic E-state index is 11.3. The summed E-state index contributed by atoms with van der Waals surface area (Å²) in [6.07, 6.45) is 0. The smallest absolute Gasteiger partial charge is 0.294 e. The number of carbonyl (C=O) groups excluding carboxylic acids is 1. The lowest BCUT2D eigenvalue weighted by Crippen LogP contribution is -2.30. The van der Waals surface area contributed by atoms with E-state index in [2.05, 4.69) is 16.5 Å². The molecule has 102 valence electrons. The minimum absolute atomic E-state index is 0.343. The predicted octanol–water partition coefficient (Wildman–Crippen LogP) is 1.25. The first-order valence-corrected chi connectivity index (χ1v) is 6.68. The highest BCUT2D eigenvalue weighted by Gasteiger charge is 2.11. The molecule has 0 fully saturated rings. The summed E-state index contributed by atoms with van der Waals surface area (Å²) in [5.74, 6) is 4.68. The largest absolute Gasteiger partial charge is 0.369 e. The molecule has 2 aromatic rings. The Morgan fingerprint density at radius 1 is 1.50 bits per heavy atom. The number of anilines is 1. The average Bonchev–Trinajstić information content (AvgIpc) is 2.95. The Bertz CT molecular complexity index is 644. The van der Waals surface area contributed by atoms with E-state index in [9.17, 15) is 4.79 Å². The molecule has 0 saturated carbocycles. The van der Waals surface area contributed by atoms with Crippen molar-refractivity contribution < 1.29 is 4.79 Å². The van der Waals surface area contributed by atoms with E-state index in [1.807, 2.05) is 29.5 Å². The monoisotopic (exact) mass is 287 g/mol. The number of carbonyl (C=O) groups is 1. The van der Waals surface area contributed by atoms with E-state index < -0.39 is 0 Å². The molecule has 0 bridgehead atoms. The number of amides is 1. The van der Waals surface area contributed by atoms with Crippen LogP contribution in [0.15, 0.2) is 29.6 Å². The number of nitrogens with two attached hydrogens (primary N) is 1. The third kappa shape index (κ3) is 3.12. The number of rotatable bonds is 4. The zero-order valence-corrected chi connectivity index (χ0v) is 11.6. The molecule has 1 aromatic carbocycles. The van der Waals surface area contributed by atoms with Crippen LogP contribution >= 0.6 is 11.3 Å². The maximum Gasteiger partial charge on any atom is 0.294 e. The second-order valence-corrected chi connectivity index (χ2v) is 4.99. The summed E-state index contributed by atoms with van der Waals surface area (Å²) in [7, 11) is 1.92. The van der Waals surface area contributed by atoms with Crippen LogP contribution in [0.2, 0.25) is 0 Å². The number of hydrogen-bond acceptors (Lipinski definition) is 6. The van der Waals surface area contributed by atoms with Gasteiger partial charge in [0.1, 0.15) is 0 Å². The number of nitrogen functional groups attached to an aromatic ring is 1. The molecule has 1 heterocycles. The molecule has 0 atom stereocenters. The molecule has 0 unspecified atom stereocenters. The molecule has 6 nitrogen and oxygen atoms in total. The van der Waals surface area contributed by atoms with Crippen LogP contribution in [0.3, 0.4) is 0 Å². The minimum Gasteiger partial charge on any atom is -0.369 e. The maximum atomic E-state index is 11.3. The molecule has 0 spiro atoms. The molecule has 0 saturated heterocycles. The zero-order chi connectivity index (χ0) is 14.5. The molecular formula is C13H13N5OS. The normalized spacial score (nSPS) is 9.85. The first-order chi connectivity index (χ1) is 9.63. The van der Waals surface area contributed by atoms with Gasteiger partial charge < -0.3 is 4.90 Å². The SMILES string of the molecule is CN(Cc1csc(C(=O)NN)n1)c1ccc(C#N)cc1. The summed E-state index contributed by atoms with van der Waals surface area (Å²) in [4.78, 5) is 17.5. The summed E-state index contributed by atoms with van der Waals surface area (Å²) in [5, 5.41) is 10.9. The number of nitrogens with zero attached hydrogens (tertiary/aromatic N) is 3. The van der Waals surface area contributed by atoms with Crippen LogP contribution in [0.1, 0.15) is 21.1 Å². The Labute approximate surface area is 120 Å². The summed E-state index contributed by atoms with van der Waals surface area (Å²) in [5.41, 5.74) is 4.45. The lowest BCUT2D eigenvalue weighted by Gasteiger charge is -2.17. The van der Waals surface area contributed by atoms with Gasteiger partial charge in [0, 0.05) is 18.1 Å². The van der Waals surface area contributed by atoms with Gasteiger partial charge in [0.05, 0.1) is 23.9 Å². The third-order valence-electron chi connectivity index (χ3n) is 2.71. The van der Waals surface area contributed by atoms with Gasteiger partial charge in [-0.1, -0.05) is 0 Å². The van der Waals surface area contributed by atoms with E-state index in [4.69, 9.17) is 11.1 Å². The van der Waals surface area contributed by atoms with Gasteiger partial charge in [-0.25, -0.2) is 10.8 Å². The van der Waals surface area contributed by atoms with Crippen molar-refractivity contribution >= 4 is 22.9 Å². The van der Waals surface area contributed by atoms with Gasteiger partial charge in [0.2, 0.25) is 0 Å². The van der Waals surface area contributed by atoms with E-state index in [1.165, 1.54) is 11.3 Å². The quantitative estimate of drug-likeness (QED) is 0.501. The highest BCUT2D eigenvalue weighted by atomic mass is 32.1. The number of thiazole rings is 1. The molecule has 0 aliphatic carbocycles. The summed E-state index contributed by atoms with van der Waals surface area (Å²) >= 11 is 1.25. The van der Waals surface area contributed by atoms with E-state index >= 15 is 0 Å². The van der Waals surface area contributed by atoms with Crippen LogP contribution in [0.25, 0.3) is 0 Å². The van der Waals surface area contributed by atoms with Crippen LogP contribution in [0.5, 0.6) is 0 Å². The van der Waals surface area contributed by atoms with Crippen LogP contribution < -0.4 is 16.2 Å². The highest BCUT2D eigenvalue weighted by molar-refractivity contribution is 7.11. The van der Waals surface area contributed by atoms with Gasteiger partial charge in [0.25, 0.3) is 5.91 Å². The number of nitriles is 1. The lowest BCUT2D eigenvalue weighted by atomic mass is 10.2. The van der Waals surface area contributed by atoms with Crippen molar-refractivity contribution in [2.45, 2.75) is 6.54 Å². The molecule has 0 radical (unpaired) electrons. The molecule has 1 aromatic heterocycles. The fourth-order valence-corrected chi connectivity index (χ4v) is 2.38. The average molecular weight is 287 g/mol. The fraction of sp³-hybridized carbons (Fsp3) is 0.154. The van der Waals surface area contributed by atoms with Crippen molar-refractivity contribution in [2.75, 3.05) is 11.9 Å². The van der Waals surface area contributed by atoms with Crippen LogP contribution in [-0.2, 0) is 6.54 Å². The Morgan fingerprint density at radius 2 is 2.20 bits per heavy atom. The highest BCUT2D eigenvalue weighted by Crippen LogP contribution is 2.17. The number of hydrogen-bond donors (Lipinski definition) is 2.